The summed E-state index contributed by atoms with van der Waals surface area (Å²) in [5.41, 5.74) is 8.78. The van der Waals surface area contributed by atoms with Crippen molar-refractivity contribution in [2.24, 2.45) is 4.99 Å². The van der Waals surface area contributed by atoms with Gasteiger partial charge in [0.1, 0.15) is 23.5 Å². The molecule has 10 heteroatoms. The number of rotatable bonds is 4. The molecule has 0 spiro atoms. The van der Waals surface area contributed by atoms with E-state index < -0.39 is 6.03 Å². The van der Waals surface area contributed by atoms with Crippen molar-refractivity contribution in [3.63, 3.8) is 0 Å². The molecule has 10 nitrogen and oxygen atoms in total. The SMILES string of the molecule is Cc1cc(ON2C=NC=C3NNC=C32)ccc1NC(=O)Nc1cc(C(C)(C)C)on1. The number of carbonyl (C=O) groups excluding carboxylic acids is 1. The first-order valence-electron chi connectivity index (χ1n) is 9.38. The molecule has 2 aliphatic rings. The summed E-state index contributed by atoms with van der Waals surface area (Å²) in [6.45, 7) is 7.90. The number of hydroxylamine groups is 2. The molecule has 0 aliphatic carbocycles. The number of nitrogens with one attached hydrogen (secondary N) is 4. The van der Waals surface area contributed by atoms with E-state index in [0.717, 1.165) is 17.0 Å². The third kappa shape index (κ3) is 4.07. The van der Waals surface area contributed by atoms with Gasteiger partial charge in [-0.3, -0.25) is 10.7 Å². The van der Waals surface area contributed by atoms with E-state index in [-0.39, 0.29) is 5.41 Å². The van der Waals surface area contributed by atoms with E-state index >= 15 is 0 Å². The van der Waals surface area contributed by atoms with Gasteiger partial charge in [-0.1, -0.05) is 25.9 Å². The lowest BCUT2D eigenvalue weighted by Gasteiger charge is -2.23. The van der Waals surface area contributed by atoms with E-state index in [4.69, 9.17) is 9.36 Å². The van der Waals surface area contributed by atoms with Crippen molar-refractivity contribution in [3.05, 3.63) is 59.4 Å². The van der Waals surface area contributed by atoms with Crippen LogP contribution in [0.15, 0.2) is 57.6 Å². The first-order valence-corrected chi connectivity index (χ1v) is 9.38. The second-order valence-corrected chi connectivity index (χ2v) is 7.91. The number of urea groups is 1. The molecule has 2 aliphatic heterocycles. The third-order valence-electron chi connectivity index (χ3n) is 4.45. The van der Waals surface area contributed by atoms with Crippen LogP contribution in [0.4, 0.5) is 16.3 Å². The summed E-state index contributed by atoms with van der Waals surface area (Å²) in [5, 5.41) is 10.9. The predicted molar refractivity (Wildman–Crippen MR) is 112 cm³/mol. The van der Waals surface area contributed by atoms with Crippen LogP contribution in [0.5, 0.6) is 5.75 Å². The van der Waals surface area contributed by atoms with Gasteiger partial charge in [-0.25, -0.2) is 9.79 Å². The molecule has 0 unspecified atom stereocenters. The fraction of sp³-hybridized carbons (Fsp3) is 0.250. The summed E-state index contributed by atoms with van der Waals surface area (Å²) in [6, 6.07) is 6.66. The van der Waals surface area contributed by atoms with Crippen molar-refractivity contribution in [2.75, 3.05) is 10.6 Å². The molecule has 4 N–H and O–H groups in total. The van der Waals surface area contributed by atoms with E-state index in [1.165, 1.54) is 0 Å². The molecule has 30 heavy (non-hydrogen) atoms. The highest BCUT2D eigenvalue weighted by atomic mass is 16.7. The van der Waals surface area contributed by atoms with Crippen LogP contribution in [-0.4, -0.2) is 22.6 Å². The fourth-order valence-corrected chi connectivity index (χ4v) is 2.81. The maximum absolute atomic E-state index is 12.3. The number of aliphatic imine (C=N–C) groups is 1. The zero-order valence-corrected chi connectivity index (χ0v) is 17.1. The number of amides is 2. The molecular weight excluding hydrogens is 386 g/mol. The van der Waals surface area contributed by atoms with Crippen molar-refractivity contribution in [2.45, 2.75) is 33.1 Å². The highest BCUT2D eigenvalue weighted by Gasteiger charge is 2.22. The second kappa shape index (κ2) is 7.47. The van der Waals surface area contributed by atoms with Crippen LogP contribution < -0.4 is 26.3 Å². The highest BCUT2D eigenvalue weighted by molar-refractivity contribution is 5.99. The average molecular weight is 409 g/mol. The minimum Gasteiger partial charge on any atom is -0.374 e. The van der Waals surface area contributed by atoms with Crippen molar-refractivity contribution < 1.29 is 14.2 Å². The Bertz CT molecular complexity index is 1060. The molecule has 0 bridgehead atoms. The highest BCUT2D eigenvalue weighted by Crippen LogP contribution is 2.26. The maximum Gasteiger partial charge on any atom is 0.324 e. The van der Waals surface area contributed by atoms with Crippen LogP contribution in [0.2, 0.25) is 0 Å². The van der Waals surface area contributed by atoms with Crippen molar-refractivity contribution in [1.29, 1.82) is 0 Å². The summed E-state index contributed by atoms with van der Waals surface area (Å²) in [7, 11) is 0. The lowest BCUT2D eigenvalue weighted by molar-refractivity contribution is 0.0645. The predicted octanol–water partition coefficient (Wildman–Crippen LogP) is 3.35. The summed E-state index contributed by atoms with van der Waals surface area (Å²) < 4.78 is 5.28. The van der Waals surface area contributed by atoms with Crippen molar-refractivity contribution >= 4 is 23.9 Å². The van der Waals surface area contributed by atoms with Gasteiger partial charge in [0.05, 0.1) is 6.20 Å². The molecule has 0 saturated carbocycles. The van der Waals surface area contributed by atoms with Crippen LogP contribution in [0.3, 0.4) is 0 Å². The summed E-state index contributed by atoms with van der Waals surface area (Å²) in [5.74, 6) is 1.65. The molecule has 2 amide bonds. The van der Waals surface area contributed by atoms with Crippen molar-refractivity contribution in [1.82, 2.24) is 21.1 Å². The van der Waals surface area contributed by atoms with Crippen LogP contribution in [0.25, 0.3) is 0 Å². The molecule has 1 aromatic carbocycles. The molecule has 4 rings (SSSR count). The minimum atomic E-state index is -0.410. The van der Waals surface area contributed by atoms with Gasteiger partial charge in [0.2, 0.25) is 0 Å². The Morgan fingerprint density at radius 3 is 2.80 bits per heavy atom. The van der Waals surface area contributed by atoms with Crippen LogP contribution in [0, 0.1) is 6.92 Å². The number of nitrogens with zero attached hydrogens (tertiary/aromatic N) is 3. The normalized spacial score (nSPS) is 14.9. The number of hydrazine groups is 1. The first kappa shape index (κ1) is 19.4. The average Bonchev–Trinajstić information content (AvgIpc) is 3.33. The summed E-state index contributed by atoms with van der Waals surface area (Å²) in [4.78, 5) is 22.3. The topological polar surface area (TPSA) is 116 Å². The number of benzene rings is 1. The Kier molecular flexibility index (Phi) is 4.82. The summed E-state index contributed by atoms with van der Waals surface area (Å²) in [6.07, 6.45) is 5.05. The van der Waals surface area contributed by atoms with Crippen molar-refractivity contribution in [3.8, 4) is 5.75 Å². The number of aromatic nitrogens is 1. The van der Waals surface area contributed by atoms with Crippen LogP contribution in [0.1, 0.15) is 32.1 Å². The first-order chi connectivity index (χ1) is 14.3. The Balaban J connectivity index is 1.39. The number of carbonyl (C=O) groups is 1. The van der Waals surface area contributed by atoms with Gasteiger partial charge in [0.15, 0.2) is 11.6 Å². The number of hydrogen-bond acceptors (Lipinski definition) is 8. The number of hydrogen-bond donors (Lipinski definition) is 4. The molecule has 0 fully saturated rings. The van der Waals surface area contributed by atoms with E-state index in [1.807, 2.05) is 33.8 Å². The van der Waals surface area contributed by atoms with E-state index in [0.29, 0.717) is 23.0 Å². The smallest absolute Gasteiger partial charge is 0.324 e. The van der Waals surface area contributed by atoms with Gasteiger partial charge in [-0.15, -0.1) is 0 Å². The van der Waals surface area contributed by atoms with E-state index in [9.17, 15) is 4.79 Å². The number of fused-ring (bicyclic) bond motifs is 1. The molecule has 156 valence electrons. The second-order valence-electron chi connectivity index (χ2n) is 7.91. The van der Waals surface area contributed by atoms with Gasteiger partial charge in [-0.05, 0) is 30.7 Å². The van der Waals surface area contributed by atoms with Gasteiger partial charge >= 0.3 is 6.03 Å². The quantitative estimate of drug-likeness (QED) is 0.612. The fourth-order valence-electron chi connectivity index (χ4n) is 2.81. The molecule has 0 atom stereocenters. The Morgan fingerprint density at radius 2 is 2.07 bits per heavy atom. The van der Waals surface area contributed by atoms with Gasteiger partial charge < -0.3 is 20.1 Å². The molecule has 2 aromatic rings. The summed E-state index contributed by atoms with van der Waals surface area (Å²) >= 11 is 0. The van der Waals surface area contributed by atoms with Gasteiger partial charge in [-0.2, -0.15) is 5.06 Å². The zero-order chi connectivity index (χ0) is 21.3. The number of anilines is 2. The zero-order valence-electron chi connectivity index (χ0n) is 17.1. The van der Waals surface area contributed by atoms with Gasteiger partial charge in [0.25, 0.3) is 0 Å². The van der Waals surface area contributed by atoms with Crippen LogP contribution in [-0.2, 0) is 5.41 Å². The van der Waals surface area contributed by atoms with E-state index in [2.05, 4.69) is 31.6 Å². The maximum atomic E-state index is 12.3. The van der Waals surface area contributed by atoms with Gasteiger partial charge in [0, 0.05) is 23.4 Å². The van der Waals surface area contributed by atoms with Crippen LogP contribution >= 0.6 is 0 Å². The molecule has 0 radical (unpaired) electrons. The molecular formula is C20H23N7O3. The standard InChI is InChI=1S/C20H23N7O3/c1-12-7-13(30-27-11-21-9-15-16(27)10-22-25-15)5-6-14(12)23-19(28)24-18-8-17(29-26-18)20(2,3)4/h5-11,22,25H,1-4H3,(H2,23,24,26,28). The lowest BCUT2D eigenvalue weighted by Crippen LogP contribution is -2.29. The monoisotopic (exact) mass is 409 g/mol. The Morgan fingerprint density at radius 1 is 1.23 bits per heavy atom. The minimum absolute atomic E-state index is 0.188. The lowest BCUT2D eigenvalue weighted by atomic mass is 9.93. The molecule has 0 saturated heterocycles. The largest absolute Gasteiger partial charge is 0.374 e. The number of aryl methyl sites for hydroxylation is 1. The Labute approximate surface area is 173 Å². The molecule has 3 heterocycles. The van der Waals surface area contributed by atoms with E-state index in [1.54, 1.807) is 42.0 Å². The molecule has 1 aromatic heterocycles. The third-order valence-corrected chi connectivity index (χ3v) is 4.45. The Hall–Kier alpha value is -3.95.